The first-order valence-corrected chi connectivity index (χ1v) is 10.5. The molecule has 1 heterocycles. The Hall–Kier alpha value is -2.00. The van der Waals surface area contributed by atoms with Crippen LogP contribution in [0.15, 0.2) is 12.1 Å². The number of rotatable bonds is 7. The Morgan fingerprint density at radius 2 is 2.04 bits per heavy atom. The minimum Gasteiger partial charge on any atom is -0.493 e. The van der Waals surface area contributed by atoms with Gasteiger partial charge in [-0.1, -0.05) is 11.6 Å². The second-order valence-electron chi connectivity index (χ2n) is 6.45. The number of nitrogens with one attached hydrogen (secondary N) is 1. The molecule has 1 atom stereocenters. The molecule has 0 saturated carbocycles. The van der Waals surface area contributed by atoms with E-state index in [1.165, 1.54) is 19.2 Å². The van der Waals surface area contributed by atoms with Crippen LogP contribution in [0, 0.1) is 0 Å². The number of halogens is 1. The van der Waals surface area contributed by atoms with Crippen molar-refractivity contribution in [3.63, 3.8) is 0 Å². The van der Waals surface area contributed by atoms with Crippen LogP contribution in [-0.2, 0) is 19.4 Å². The van der Waals surface area contributed by atoms with Crippen molar-refractivity contribution in [2.24, 2.45) is 0 Å². The number of sulfone groups is 1. The topological polar surface area (TPSA) is 108 Å². The minimum atomic E-state index is -3.16. The molecule has 0 aromatic heterocycles. The van der Waals surface area contributed by atoms with Gasteiger partial charge in [-0.15, -0.1) is 0 Å². The van der Waals surface area contributed by atoms with Crippen molar-refractivity contribution < 1.29 is 32.2 Å². The minimum absolute atomic E-state index is 0.0219. The predicted molar refractivity (Wildman–Crippen MR) is 99.3 cm³/mol. The standard InChI is InChI=1S/C17H22ClNO7S/c1-4-25-15-12(18)7-11(8-13(15)24-3)16(21)26-9-14(20)19-17(2)5-6-27(22,23)10-17/h7-8H,4-6,9-10H2,1-3H3,(H,19,20)/t17-/m1/s1. The van der Waals surface area contributed by atoms with Crippen molar-refractivity contribution in [1.29, 1.82) is 0 Å². The molecule has 1 N–H and O–H groups in total. The fourth-order valence-electron chi connectivity index (χ4n) is 2.82. The molecular formula is C17H22ClNO7S. The number of ether oxygens (including phenoxy) is 3. The van der Waals surface area contributed by atoms with Gasteiger partial charge in [-0.25, -0.2) is 13.2 Å². The Morgan fingerprint density at radius 3 is 2.59 bits per heavy atom. The number of benzene rings is 1. The van der Waals surface area contributed by atoms with Gasteiger partial charge in [-0.05, 0) is 32.4 Å². The molecule has 0 aliphatic carbocycles. The molecule has 2 rings (SSSR count). The normalized spacial score (nSPS) is 20.7. The second-order valence-corrected chi connectivity index (χ2v) is 9.04. The summed E-state index contributed by atoms with van der Waals surface area (Å²) in [5, 5.41) is 2.79. The zero-order valence-corrected chi connectivity index (χ0v) is 16.9. The molecule has 1 aliphatic rings. The molecule has 8 nitrogen and oxygen atoms in total. The van der Waals surface area contributed by atoms with Crippen LogP contribution < -0.4 is 14.8 Å². The number of methoxy groups -OCH3 is 1. The fourth-order valence-corrected chi connectivity index (χ4v) is 5.18. The maximum atomic E-state index is 12.2. The Kier molecular flexibility index (Phi) is 6.59. The van der Waals surface area contributed by atoms with Crippen LogP contribution in [0.2, 0.25) is 5.02 Å². The average molecular weight is 420 g/mol. The first kappa shape index (κ1) is 21.3. The molecule has 150 valence electrons. The monoisotopic (exact) mass is 419 g/mol. The van der Waals surface area contributed by atoms with Crippen LogP contribution >= 0.6 is 11.6 Å². The van der Waals surface area contributed by atoms with Gasteiger partial charge in [0, 0.05) is 0 Å². The summed E-state index contributed by atoms with van der Waals surface area (Å²) in [6, 6.07) is 2.77. The van der Waals surface area contributed by atoms with E-state index in [1.807, 2.05) is 0 Å². The molecule has 10 heteroatoms. The maximum absolute atomic E-state index is 12.2. The number of hydrogen-bond donors (Lipinski definition) is 1. The van der Waals surface area contributed by atoms with E-state index in [0.717, 1.165) is 0 Å². The van der Waals surface area contributed by atoms with E-state index in [1.54, 1.807) is 13.8 Å². The molecular weight excluding hydrogens is 398 g/mol. The van der Waals surface area contributed by atoms with Gasteiger partial charge < -0.3 is 19.5 Å². The van der Waals surface area contributed by atoms with E-state index in [2.05, 4.69) is 5.32 Å². The largest absolute Gasteiger partial charge is 0.493 e. The SMILES string of the molecule is CCOc1c(Cl)cc(C(=O)OCC(=O)N[C@]2(C)CCS(=O)(=O)C2)cc1OC. The van der Waals surface area contributed by atoms with Crippen LogP contribution in [0.1, 0.15) is 30.6 Å². The average Bonchev–Trinajstić information content (AvgIpc) is 2.87. The lowest BCUT2D eigenvalue weighted by atomic mass is 10.0. The van der Waals surface area contributed by atoms with Gasteiger partial charge in [0.1, 0.15) is 0 Å². The van der Waals surface area contributed by atoms with Crippen LogP contribution in [0.3, 0.4) is 0 Å². The summed E-state index contributed by atoms with van der Waals surface area (Å²) in [5.74, 6) is -0.875. The quantitative estimate of drug-likeness (QED) is 0.668. The summed E-state index contributed by atoms with van der Waals surface area (Å²) < 4.78 is 38.7. The van der Waals surface area contributed by atoms with Crippen LogP contribution in [0.5, 0.6) is 11.5 Å². The highest BCUT2D eigenvalue weighted by Crippen LogP contribution is 2.36. The number of esters is 1. The van der Waals surface area contributed by atoms with E-state index < -0.39 is 33.9 Å². The van der Waals surface area contributed by atoms with Crippen molar-refractivity contribution in [1.82, 2.24) is 5.32 Å². The Morgan fingerprint density at radius 1 is 1.33 bits per heavy atom. The molecule has 1 amide bonds. The third kappa shape index (κ3) is 5.49. The van der Waals surface area contributed by atoms with Crippen molar-refractivity contribution in [3.05, 3.63) is 22.7 Å². The van der Waals surface area contributed by atoms with Gasteiger partial charge in [-0.3, -0.25) is 4.79 Å². The zero-order valence-electron chi connectivity index (χ0n) is 15.3. The third-order valence-electron chi connectivity index (χ3n) is 4.03. The van der Waals surface area contributed by atoms with E-state index >= 15 is 0 Å². The number of amides is 1. The number of hydrogen-bond acceptors (Lipinski definition) is 7. The number of carbonyl (C=O) groups excluding carboxylic acids is 2. The highest BCUT2D eigenvalue weighted by atomic mass is 35.5. The highest BCUT2D eigenvalue weighted by molar-refractivity contribution is 7.91. The summed E-state index contributed by atoms with van der Waals surface area (Å²) >= 11 is 6.11. The summed E-state index contributed by atoms with van der Waals surface area (Å²) in [4.78, 5) is 24.2. The van der Waals surface area contributed by atoms with E-state index in [9.17, 15) is 18.0 Å². The van der Waals surface area contributed by atoms with Gasteiger partial charge in [0.25, 0.3) is 5.91 Å². The predicted octanol–water partition coefficient (Wildman–Crippen LogP) is 1.60. The second kappa shape index (κ2) is 8.35. The lowest BCUT2D eigenvalue weighted by Crippen LogP contribution is -2.48. The lowest BCUT2D eigenvalue weighted by molar-refractivity contribution is -0.125. The van der Waals surface area contributed by atoms with E-state index in [0.29, 0.717) is 18.8 Å². The first-order valence-electron chi connectivity index (χ1n) is 8.28. The summed E-state index contributed by atoms with van der Waals surface area (Å²) in [6.07, 6.45) is 0.320. The van der Waals surface area contributed by atoms with Crippen molar-refractivity contribution in [2.75, 3.05) is 31.8 Å². The molecule has 0 radical (unpaired) electrons. The maximum Gasteiger partial charge on any atom is 0.338 e. The van der Waals surface area contributed by atoms with E-state index in [-0.39, 0.29) is 27.8 Å². The Bertz CT molecular complexity index is 840. The molecule has 1 aromatic carbocycles. The molecule has 1 aliphatic heterocycles. The van der Waals surface area contributed by atoms with Gasteiger partial charge in [-0.2, -0.15) is 0 Å². The molecule has 1 aromatic rings. The summed E-state index contributed by atoms with van der Waals surface area (Å²) in [6.45, 7) is 3.26. The molecule has 0 bridgehead atoms. The van der Waals surface area contributed by atoms with Crippen LogP contribution in [0.4, 0.5) is 0 Å². The van der Waals surface area contributed by atoms with Crippen LogP contribution in [0.25, 0.3) is 0 Å². The Labute approximate surface area is 163 Å². The van der Waals surface area contributed by atoms with Crippen molar-refractivity contribution in [3.8, 4) is 11.5 Å². The first-order chi connectivity index (χ1) is 12.6. The summed E-state index contributed by atoms with van der Waals surface area (Å²) in [5.41, 5.74) is -0.753. The number of carbonyl (C=O) groups is 2. The molecule has 1 fully saturated rings. The zero-order chi connectivity index (χ0) is 20.2. The van der Waals surface area contributed by atoms with Gasteiger partial charge in [0.2, 0.25) is 0 Å². The van der Waals surface area contributed by atoms with Crippen molar-refractivity contribution in [2.45, 2.75) is 25.8 Å². The van der Waals surface area contributed by atoms with Crippen molar-refractivity contribution >= 4 is 33.3 Å². The lowest BCUT2D eigenvalue weighted by Gasteiger charge is -2.23. The van der Waals surface area contributed by atoms with Gasteiger partial charge in [0.15, 0.2) is 27.9 Å². The van der Waals surface area contributed by atoms with Gasteiger partial charge in [0.05, 0.1) is 41.3 Å². The molecule has 0 unspecified atom stereocenters. The summed E-state index contributed by atoms with van der Waals surface area (Å²) in [7, 11) is -1.75. The smallest absolute Gasteiger partial charge is 0.338 e. The molecule has 0 spiro atoms. The fraction of sp³-hybridized carbons (Fsp3) is 0.529. The van der Waals surface area contributed by atoms with Gasteiger partial charge >= 0.3 is 5.97 Å². The molecule has 1 saturated heterocycles. The highest BCUT2D eigenvalue weighted by Gasteiger charge is 2.39. The molecule has 27 heavy (non-hydrogen) atoms. The van der Waals surface area contributed by atoms with E-state index in [4.69, 9.17) is 25.8 Å². The third-order valence-corrected chi connectivity index (χ3v) is 6.22. The Balaban J connectivity index is 1.99. The van der Waals surface area contributed by atoms with Crippen LogP contribution in [-0.4, -0.2) is 57.7 Å².